The van der Waals surface area contributed by atoms with E-state index >= 15 is 0 Å². The third kappa shape index (κ3) is 3.27. The average Bonchev–Trinajstić information content (AvgIpc) is 2.36. The van der Waals surface area contributed by atoms with Gasteiger partial charge in [-0.1, -0.05) is 6.07 Å². The molecule has 2 rings (SSSR count). The lowest BCUT2D eigenvalue weighted by Gasteiger charge is -2.05. The molecule has 0 saturated carbocycles. The van der Waals surface area contributed by atoms with Crippen LogP contribution in [0.2, 0.25) is 0 Å². The lowest BCUT2D eigenvalue weighted by molar-refractivity contribution is 0.597. The minimum Gasteiger partial charge on any atom is -0.316 e. The van der Waals surface area contributed by atoms with Gasteiger partial charge in [-0.15, -0.1) is 0 Å². The third-order valence-corrected chi connectivity index (χ3v) is 3.28. The molecule has 0 radical (unpaired) electrons. The summed E-state index contributed by atoms with van der Waals surface area (Å²) in [6.45, 7) is 2.57. The fourth-order valence-corrected chi connectivity index (χ4v) is 2.17. The van der Waals surface area contributed by atoms with Gasteiger partial charge in [0.25, 0.3) is 0 Å². The molecule has 2 aromatic rings. The molecule has 18 heavy (non-hydrogen) atoms. The standard InChI is InChI=1S/C13H14FN3S/c1-9-6-16-13(17-7-9)18-12-4-3-10(8-15-2)5-11(12)14/h3-7,15H,8H2,1-2H3. The first kappa shape index (κ1) is 13.0. The van der Waals surface area contributed by atoms with E-state index in [1.54, 1.807) is 18.5 Å². The Hall–Kier alpha value is -1.46. The van der Waals surface area contributed by atoms with E-state index in [-0.39, 0.29) is 5.82 Å². The Morgan fingerprint density at radius 1 is 1.28 bits per heavy atom. The summed E-state index contributed by atoms with van der Waals surface area (Å²) in [7, 11) is 1.83. The fraction of sp³-hybridized carbons (Fsp3) is 0.231. The summed E-state index contributed by atoms with van der Waals surface area (Å²) in [5.41, 5.74) is 1.91. The maximum absolute atomic E-state index is 13.8. The highest BCUT2D eigenvalue weighted by atomic mass is 32.2. The molecule has 3 nitrogen and oxygen atoms in total. The fourth-order valence-electron chi connectivity index (χ4n) is 1.47. The van der Waals surface area contributed by atoms with Gasteiger partial charge in [0.05, 0.1) is 4.90 Å². The molecule has 1 N–H and O–H groups in total. The van der Waals surface area contributed by atoms with Crippen LogP contribution in [0, 0.1) is 12.7 Å². The molecule has 0 aliphatic rings. The molecule has 0 fully saturated rings. The zero-order valence-corrected chi connectivity index (χ0v) is 11.1. The predicted molar refractivity (Wildman–Crippen MR) is 70.1 cm³/mol. The van der Waals surface area contributed by atoms with Crippen molar-refractivity contribution in [3.05, 3.63) is 47.5 Å². The summed E-state index contributed by atoms with van der Waals surface area (Å²) in [4.78, 5) is 8.83. The maximum atomic E-state index is 13.8. The molecule has 0 amide bonds. The highest BCUT2D eigenvalue weighted by molar-refractivity contribution is 7.99. The van der Waals surface area contributed by atoms with E-state index < -0.39 is 0 Å². The largest absolute Gasteiger partial charge is 0.316 e. The van der Waals surface area contributed by atoms with Crippen molar-refractivity contribution in [3.8, 4) is 0 Å². The highest BCUT2D eigenvalue weighted by Crippen LogP contribution is 2.27. The molecule has 0 aliphatic heterocycles. The van der Waals surface area contributed by atoms with Crippen LogP contribution in [0.5, 0.6) is 0 Å². The molecule has 5 heteroatoms. The molecule has 0 bridgehead atoms. The normalized spacial score (nSPS) is 10.6. The summed E-state index contributed by atoms with van der Waals surface area (Å²) in [6, 6.07) is 5.19. The van der Waals surface area contributed by atoms with Gasteiger partial charge in [-0.05, 0) is 49.0 Å². The number of benzene rings is 1. The van der Waals surface area contributed by atoms with Gasteiger partial charge in [-0.2, -0.15) is 0 Å². The Bertz CT molecular complexity index is 528. The highest BCUT2D eigenvalue weighted by Gasteiger charge is 2.07. The number of aromatic nitrogens is 2. The van der Waals surface area contributed by atoms with Crippen LogP contribution in [0.25, 0.3) is 0 Å². The van der Waals surface area contributed by atoms with Crippen molar-refractivity contribution in [1.29, 1.82) is 0 Å². The van der Waals surface area contributed by atoms with Gasteiger partial charge < -0.3 is 5.32 Å². The molecule has 0 saturated heterocycles. The number of aryl methyl sites for hydroxylation is 1. The number of nitrogens with zero attached hydrogens (tertiary/aromatic N) is 2. The van der Waals surface area contributed by atoms with Crippen LogP contribution in [0.3, 0.4) is 0 Å². The van der Waals surface area contributed by atoms with E-state index in [0.29, 0.717) is 16.6 Å². The Kier molecular flexibility index (Phi) is 4.28. The van der Waals surface area contributed by atoms with Crippen molar-refractivity contribution in [2.45, 2.75) is 23.5 Å². The minimum atomic E-state index is -0.239. The summed E-state index contributed by atoms with van der Waals surface area (Å²) >= 11 is 1.23. The number of nitrogens with one attached hydrogen (secondary N) is 1. The second-order valence-corrected chi connectivity index (χ2v) is 4.95. The number of halogens is 1. The smallest absolute Gasteiger partial charge is 0.192 e. The Morgan fingerprint density at radius 2 is 2.00 bits per heavy atom. The topological polar surface area (TPSA) is 37.8 Å². The van der Waals surface area contributed by atoms with E-state index in [2.05, 4.69) is 15.3 Å². The van der Waals surface area contributed by atoms with Crippen molar-refractivity contribution in [1.82, 2.24) is 15.3 Å². The zero-order valence-electron chi connectivity index (χ0n) is 10.3. The SMILES string of the molecule is CNCc1ccc(Sc2ncc(C)cn2)c(F)c1. The number of rotatable bonds is 4. The van der Waals surface area contributed by atoms with Gasteiger partial charge in [0, 0.05) is 18.9 Å². The number of hydrogen-bond acceptors (Lipinski definition) is 4. The first-order chi connectivity index (χ1) is 8.69. The van der Waals surface area contributed by atoms with Gasteiger partial charge in [-0.3, -0.25) is 0 Å². The van der Waals surface area contributed by atoms with Crippen molar-refractivity contribution in [2.75, 3.05) is 7.05 Å². The summed E-state index contributed by atoms with van der Waals surface area (Å²) in [6.07, 6.45) is 3.45. The lowest BCUT2D eigenvalue weighted by Crippen LogP contribution is -2.05. The van der Waals surface area contributed by atoms with Crippen LogP contribution in [-0.4, -0.2) is 17.0 Å². The van der Waals surface area contributed by atoms with Crippen LogP contribution in [0.4, 0.5) is 4.39 Å². The van der Waals surface area contributed by atoms with Crippen molar-refractivity contribution < 1.29 is 4.39 Å². The monoisotopic (exact) mass is 263 g/mol. The molecule has 1 aromatic carbocycles. The first-order valence-corrected chi connectivity index (χ1v) is 6.40. The van der Waals surface area contributed by atoms with E-state index in [4.69, 9.17) is 0 Å². The number of hydrogen-bond donors (Lipinski definition) is 1. The van der Waals surface area contributed by atoms with Crippen LogP contribution in [0.15, 0.2) is 40.6 Å². The van der Waals surface area contributed by atoms with Crippen LogP contribution >= 0.6 is 11.8 Å². The van der Waals surface area contributed by atoms with E-state index in [1.165, 1.54) is 17.8 Å². The molecule has 1 heterocycles. The summed E-state index contributed by atoms with van der Waals surface area (Å²) in [5, 5.41) is 3.54. The molecular formula is C13H14FN3S. The van der Waals surface area contributed by atoms with Crippen LogP contribution in [0.1, 0.15) is 11.1 Å². The zero-order chi connectivity index (χ0) is 13.0. The molecule has 0 atom stereocenters. The van der Waals surface area contributed by atoms with Gasteiger partial charge in [0.1, 0.15) is 5.82 Å². The Morgan fingerprint density at radius 3 is 2.61 bits per heavy atom. The molecule has 0 unspecified atom stereocenters. The predicted octanol–water partition coefficient (Wildman–Crippen LogP) is 2.79. The molecule has 0 spiro atoms. The van der Waals surface area contributed by atoms with Crippen LogP contribution < -0.4 is 5.32 Å². The summed E-state index contributed by atoms with van der Waals surface area (Å²) < 4.78 is 13.8. The van der Waals surface area contributed by atoms with Crippen molar-refractivity contribution in [3.63, 3.8) is 0 Å². The van der Waals surface area contributed by atoms with Gasteiger partial charge in [0.2, 0.25) is 0 Å². The first-order valence-electron chi connectivity index (χ1n) is 5.58. The molecule has 94 valence electrons. The minimum absolute atomic E-state index is 0.239. The molecular weight excluding hydrogens is 249 g/mol. The maximum Gasteiger partial charge on any atom is 0.192 e. The third-order valence-electron chi connectivity index (χ3n) is 2.34. The quantitative estimate of drug-likeness (QED) is 0.861. The van der Waals surface area contributed by atoms with E-state index in [1.807, 2.05) is 20.0 Å². The van der Waals surface area contributed by atoms with Crippen LogP contribution in [-0.2, 0) is 6.54 Å². The van der Waals surface area contributed by atoms with Gasteiger partial charge in [-0.25, -0.2) is 14.4 Å². The van der Waals surface area contributed by atoms with Crippen molar-refractivity contribution in [2.24, 2.45) is 0 Å². The van der Waals surface area contributed by atoms with E-state index in [9.17, 15) is 4.39 Å². The van der Waals surface area contributed by atoms with Gasteiger partial charge >= 0.3 is 0 Å². The van der Waals surface area contributed by atoms with E-state index in [0.717, 1.165) is 11.1 Å². The molecule has 0 aliphatic carbocycles. The second kappa shape index (κ2) is 5.93. The summed E-state index contributed by atoms with van der Waals surface area (Å²) in [5.74, 6) is -0.239. The second-order valence-electron chi connectivity index (χ2n) is 3.94. The Balaban J connectivity index is 2.16. The molecule has 1 aromatic heterocycles. The average molecular weight is 263 g/mol. The van der Waals surface area contributed by atoms with Crippen molar-refractivity contribution >= 4 is 11.8 Å². The lowest BCUT2D eigenvalue weighted by atomic mass is 10.2. The van der Waals surface area contributed by atoms with Gasteiger partial charge in [0.15, 0.2) is 5.16 Å². The Labute approximate surface area is 110 Å².